The van der Waals surface area contributed by atoms with Crippen molar-refractivity contribution in [2.24, 2.45) is 0 Å². The van der Waals surface area contributed by atoms with Crippen molar-refractivity contribution >= 4 is 11.8 Å². The molecule has 0 fully saturated rings. The van der Waals surface area contributed by atoms with Crippen molar-refractivity contribution in [1.29, 1.82) is 0 Å². The van der Waals surface area contributed by atoms with Gasteiger partial charge in [0.1, 0.15) is 11.6 Å². The maximum absolute atomic E-state index is 13.3. The number of hydrogen-bond acceptors (Lipinski definition) is 3. The van der Waals surface area contributed by atoms with E-state index in [1.54, 1.807) is 18.4 Å². The molecule has 1 unspecified atom stereocenters. The molecule has 0 bridgehead atoms. The summed E-state index contributed by atoms with van der Waals surface area (Å²) in [5, 5.41) is 3.34. The number of benzene rings is 1. The molecule has 2 rings (SSSR count). The summed E-state index contributed by atoms with van der Waals surface area (Å²) in [4.78, 5) is 0.699. The molecule has 2 nitrogen and oxygen atoms in total. The van der Waals surface area contributed by atoms with Crippen molar-refractivity contribution in [3.05, 3.63) is 54.2 Å². The van der Waals surface area contributed by atoms with Gasteiger partial charge in [0.15, 0.2) is 0 Å². The highest BCUT2D eigenvalue weighted by Crippen LogP contribution is 2.20. The molecule has 1 N–H and O–H groups in total. The number of hydrogen-bond donors (Lipinski definition) is 1. The number of thioether (sulfide) groups is 1. The van der Waals surface area contributed by atoms with E-state index < -0.39 is 0 Å². The fourth-order valence-corrected chi connectivity index (χ4v) is 2.46. The molecule has 0 radical (unpaired) electrons. The lowest BCUT2D eigenvalue weighted by Gasteiger charge is -2.10. The van der Waals surface area contributed by atoms with Gasteiger partial charge in [-0.2, -0.15) is 0 Å². The molecule has 0 amide bonds. The van der Waals surface area contributed by atoms with Crippen LogP contribution in [0.3, 0.4) is 0 Å². The summed E-state index contributed by atoms with van der Waals surface area (Å²) in [5.74, 6) is 1.60. The van der Waals surface area contributed by atoms with E-state index in [4.69, 9.17) is 4.42 Å². The van der Waals surface area contributed by atoms with Crippen LogP contribution in [0.4, 0.5) is 4.39 Å². The molecular formula is C14H16FNOS. The summed E-state index contributed by atoms with van der Waals surface area (Å²) in [6, 6.07) is 10.8. The van der Waals surface area contributed by atoms with E-state index in [9.17, 15) is 4.39 Å². The van der Waals surface area contributed by atoms with Gasteiger partial charge in [0.25, 0.3) is 0 Å². The van der Waals surface area contributed by atoms with E-state index in [1.165, 1.54) is 17.8 Å². The Hall–Kier alpha value is -1.26. The van der Waals surface area contributed by atoms with Crippen LogP contribution in [0.2, 0.25) is 0 Å². The van der Waals surface area contributed by atoms with Gasteiger partial charge < -0.3 is 9.73 Å². The lowest BCUT2D eigenvalue weighted by atomic mass is 10.2. The normalized spacial score (nSPS) is 12.6. The van der Waals surface area contributed by atoms with Crippen LogP contribution in [0.25, 0.3) is 0 Å². The zero-order chi connectivity index (χ0) is 12.8. The lowest BCUT2D eigenvalue weighted by molar-refractivity contribution is 0.438. The Labute approximate surface area is 111 Å². The smallest absolute Gasteiger partial charge is 0.136 e. The molecular weight excluding hydrogens is 249 g/mol. The Bertz CT molecular complexity index is 472. The highest BCUT2D eigenvalue weighted by Gasteiger charge is 2.07. The molecule has 1 aromatic carbocycles. The van der Waals surface area contributed by atoms with Crippen LogP contribution < -0.4 is 5.32 Å². The molecule has 0 aliphatic rings. The average Bonchev–Trinajstić information content (AvgIpc) is 2.90. The molecule has 0 saturated heterocycles. The van der Waals surface area contributed by atoms with E-state index in [0.717, 1.165) is 18.1 Å². The lowest BCUT2D eigenvalue weighted by Crippen LogP contribution is -2.20. The van der Waals surface area contributed by atoms with Crippen molar-refractivity contribution in [3.8, 4) is 0 Å². The number of halogens is 1. The minimum Gasteiger partial charge on any atom is -0.468 e. The highest BCUT2D eigenvalue weighted by molar-refractivity contribution is 7.99. The van der Waals surface area contributed by atoms with Crippen LogP contribution in [-0.4, -0.2) is 12.3 Å². The Morgan fingerprint density at radius 2 is 2.11 bits per heavy atom. The van der Waals surface area contributed by atoms with Crippen LogP contribution in [0, 0.1) is 5.82 Å². The fourth-order valence-electron chi connectivity index (χ4n) is 1.64. The van der Waals surface area contributed by atoms with Gasteiger partial charge in [-0.25, -0.2) is 4.39 Å². The van der Waals surface area contributed by atoms with E-state index >= 15 is 0 Å². The third kappa shape index (κ3) is 3.62. The fraction of sp³-hybridized carbons (Fsp3) is 0.286. The summed E-state index contributed by atoms with van der Waals surface area (Å²) >= 11 is 1.52. The highest BCUT2D eigenvalue weighted by atomic mass is 32.2. The molecule has 4 heteroatoms. The first-order valence-corrected chi connectivity index (χ1v) is 6.90. The van der Waals surface area contributed by atoms with Crippen molar-refractivity contribution in [3.63, 3.8) is 0 Å². The first-order chi connectivity index (χ1) is 8.77. The second-order valence-corrected chi connectivity index (χ2v) is 5.11. The molecule has 0 spiro atoms. The Morgan fingerprint density at radius 1 is 1.28 bits per heavy atom. The minimum atomic E-state index is -0.151. The maximum Gasteiger partial charge on any atom is 0.136 e. The molecule has 1 atom stereocenters. The molecule has 1 aromatic heterocycles. The number of nitrogens with one attached hydrogen (secondary N) is 1. The van der Waals surface area contributed by atoms with E-state index in [-0.39, 0.29) is 11.9 Å². The first kappa shape index (κ1) is 13.2. The van der Waals surface area contributed by atoms with Crippen LogP contribution in [-0.2, 0) is 0 Å². The van der Waals surface area contributed by atoms with Crippen LogP contribution in [0.5, 0.6) is 0 Å². The Balaban J connectivity index is 1.72. The molecule has 96 valence electrons. The quantitative estimate of drug-likeness (QED) is 0.634. The predicted molar refractivity (Wildman–Crippen MR) is 72.2 cm³/mol. The summed E-state index contributed by atoms with van der Waals surface area (Å²) in [7, 11) is 0. The SMILES string of the molecule is CC(NCCSc1ccccc1F)c1ccco1. The average molecular weight is 265 g/mol. The number of rotatable bonds is 6. The standard InChI is InChI=1S/C14H16FNOS/c1-11(13-6-4-9-17-13)16-8-10-18-14-7-3-2-5-12(14)15/h2-7,9,11,16H,8,10H2,1H3. The zero-order valence-electron chi connectivity index (χ0n) is 10.2. The largest absolute Gasteiger partial charge is 0.468 e. The Morgan fingerprint density at radius 3 is 2.83 bits per heavy atom. The summed E-state index contributed by atoms with van der Waals surface area (Å²) in [5.41, 5.74) is 0. The molecule has 1 heterocycles. The van der Waals surface area contributed by atoms with Gasteiger partial charge in [-0.3, -0.25) is 0 Å². The maximum atomic E-state index is 13.3. The van der Waals surface area contributed by atoms with Gasteiger partial charge >= 0.3 is 0 Å². The van der Waals surface area contributed by atoms with Gasteiger partial charge in [0, 0.05) is 17.2 Å². The van der Waals surface area contributed by atoms with Gasteiger partial charge in [0.05, 0.1) is 12.3 Å². The molecule has 0 aliphatic carbocycles. The molecule has 0 aliphatic heterocycles. The monoisotopic (exact) mass is 265 g/mol. The van der Waals surface area contributed by atoms with Gasteiger partial charge in [-0.15, -0.1) is 11.8 Å². The van der Waals surface area contributed by atoms with Gasteiger partial charge in [0.2, 0.25) is 0 Å². The van der Waals surface area contributed by atoms with E-state index in [1.807, 2.05) is 25.1 Å². The van der Waals surface area contributed by atoms with Crippen LogP contribution in [0.1, 0.15) is 18.7 Å². The molecule has 0 saturated carbocycles. The van der Waals surface area contributed by atoms with Gasteiger partial charge in [-0.05, 0) is 31.2 Å². The van der Waals surface area contributed by atoms with E-state index in [0.29, 0.717) is 4.90 Å². The van der Waals surface area contributed by atoms with E-state index in [2.05, 4.69) is 5.32 Å². The van der Waals surface area contributed by atoms with Crippen molar-refractivity contribution < 1.29 is 8.81 Å². The third-order valence-electron chi connectivity index (χ3n) is 2.62. The predicted octanol–water partition coefficient (Wildman–Crippen LogP) is 3.86. The van der Waals surface area contributed by atoms with Crippen LogP contribution >= 0.6 is 11.8 Å². The Kier molecular flexibility index (Phi) is 4.84. The van der Waals surface area contributed by atoms with Crippen LogP contribution in [0.15, 0.2) is 52.0 Å². The topological polar surface area (TPSA) is 25.2 Å². The minimum absolute atomic E-state index is 0.151. The second-order valence-electron chi connectivity index (χ2n) is 3.97. The van der Waals surface area contributed by atoms with Crippen molar-refractivity contribution in [2.45, 2.75) is 17.9 Å². The zero-order valence-corrected chi connectivity index (χ0v) is 11.0. The molecule has 2 aromatic rings. The van der Waals surface area contributed by atoms with Crippen molar-refractivity contribution in [1.82, 2.24) is 5.32 Å². The third-order valence-corrected chi connectivity index (χ3v) is 3.67. The summed E-state index contributed by atoms with van der Waals surface area (Å²) in [6.07, 6.45) is 1.67. The molecule has 18 heavy (non-hydrogen) atoms. The summed E-state index contributed by atoms with van der Waals surface area (Å²) < 4.78 is 18.6. The van der Waals surface area contributed by atoms with Crippen molar-refractivity contribution in [2.75, 3.05) is 12.3 Å². The number of furan rings is 1. The van der Waals surface area contributed by atoms with Gasteiger partial charge in [-0.1, -0.05) is 12.1 Å². The second kappa shape index (κ2) is 6.61. The first-order valence-electron chi connectivity index (χ1n) is 5.91. The summed E-state index contributed by atoms with van der Waals surface area (Å²) in [6.45, 7) is 2.85.